The van der Waals surface area contributed by atoms with E-state index in [4.69, 9.17) is 0 Å². The Balaban J connectivity index is 2.11. The maximum absolute atomic E-state index is 12.9. The van der Waals surface area contributed by atoms with E-state index in [2.05, 4.69) is 22.1 Å². The zero-order valence-electron chi connectivity index (χ0n) is 11.2. The van der Waals surface area contributed by atoms with Crippen molar-refractivity contribution < 1.29 is 4.39 Å². The van der Waals surface area contributed by atoms with Gasteiger partial charge in [0.1, 0.15) is 11.6 Å². The molecule has 0 amide bonds. The third kappa shape index (κ3) is 3.44. The first-order chi connectivity index (χ1) is 9.22. The van der Waals surface area contributed by atoms with E-state index in [1.807, 2.05) is 25.4 Å². The Morgan fingerprint density at radius 3 is 2.42 bits per heavy atom. The van der Waals surface area contributed by atoms with Crippen molar-refractivity contribution >= 4 is 11.5 Å². The van der Waals surface area contributed by atoms with Gasteiger partial charge in [-0.2, -0.15) is 0 Å². The van der Waals surface area contributed by atoms with Gasteiger partial charge in [-0.1, -0.05) is 6.07 Å². The predicted molar refractivity (Wildman–Crippen MR) is 76.9 cm³/mol. The highest BCUT2D eigenvalue weighted by atomic mass is 19.1. The number of hydrogen-bond acceptors (Lipinski definition) is 3. The minimum absolute atomic E-state index is 0.208. The Hall–Kier alpha value is -2.10. The minimum Gasteiger partial charge on any atom is -0.373 e. The maximum atomic E-state index is 12.9. The summed E-state index contributed by atoms with van der Waals surface area (Å²) in [5.41, 5.74) is 2.15. The van der Waals surface area contributed by atoms with Gasteiger partial charge < -0.3 is 10.2 Å². The molecule has 1 aromatic carbocycles. The molecule has 0 saturated heterocycles. The van der Waals surface area contributed by atoms with Crippen LogP contribution in [0.1, 0.15) is 12.5 Å². The summed E-state index contributed by atoms with van der Waals surface area (Å²) in [6.07, 6.45) is 1.86. The number of rotatable bonds is 5. The molecule has 0 spiro atoms. The Morgan fingerprint density at radius 2 is 1.89 bits per heavy atom. The Bertz CT molecular complexity index is 508. The number of halogens is 1. The third-order valence-electron chi connectivity index (χ3n) is 3.03. The second kappa shape index (κ2) is 6.18. The van der Waals surface area contributed by atoms with Crippen LogP contribution in [0.4, 0.5) is 15.9 Å². The van der Waals surface area contributed by atoms with Crippen molar-refractivity contribution in [2.45, 2.75) is 13.5 Å². The van der Waals surface area contributed by atoms with Gasteiger partial charge in [-0.05, 0) is 42.8 Å². The number of nitrogens with zero attached hydrogens (tertiary/aromatic N) is 2. The Labute approximate surface area is 113 Å². The van der Waals surface area contributed by atoms with Crippen LogP contribution >= 0.6 is 0 Å². The van der Waals surface area contributed by atoms with Gasteiger partial charge in [-0.3, -0.25) is 0 Å². The number of pyridine rings is 1. The molecule has 0 aliphatic carbocycles. The first-order valence-corrected chi connectivity index (χ1v) is 6.36. The molecule has 1 N–H and O–H groups in total. The van der Waals surface area contributed by atoms with Crippen molar-refractivity contribution in [3.63, 3.8) is 0 Å². The second-order valence-electron chi connectivity index (χ2n) is 4.29. The highest BCUT2D eigenvalue weighted by Crippen LogP contribution is 2.17. The summed E-state index contributed by atoms with van der Waals surface area (Å²) >= 11 is 0. The van der Waals surface area contributed by atoms with Gasteiger partial charge in [0, 0.05) is 32.0 Å². The van der Waals surface area contributed by atoms with Crippen LogP contribution in [0.2, 0.25) is 0 Å². The standard InChI is InChI=1S/C15H18FN3/c1-3-19(14-7-5-13(16)6-8-14)11-12-4-9-15(17-2)18-10-12/h4-10H,3,11H2,1-2H3,(H,17,18). The smallest absolute Gasteiger partial charge is 0.125 e. The van der Waals surface area contributed by atoms with Crippen molar-refractivity contribution in [2.75, 3.05) is 23.8 Å². The van der Waals surface area contributed by atoms with Crippen molar-refractivity contribution in [1.82, 2.24) is 4.98 Å². The van der Waals surface area contributed by atoms with Crippen LogP contribution in [-0.4, -0.2) is 18.6 Å². The molecule has 0 saturated carbocycles. The molecule has 0 atom stereocenters. The van der Waals surface area contributed by atoms with E-state index in [1.54, 1.807) is 12.1 Å². The van der Waals surface area contributed by atoms with Crippen LogP contribution in [-0.2, 0) is 6.54 Å². The molecule has 0 bridgehead atoms. The Kier molecular flexibility index (Phi) is 4.34. The molecular weight excluding hydrogens is 241 g/mol. The van der Waals surface area contributed by atoms with Crippen LogP contribution in [0.5, 0.6) is 0 Å². The van der Waals surface area contributed by atoms with Gasteiger partial charge in [0.25, 0.3) is 0 Å². The first-order valence-electron chi connectivity index (χ1n) is 6.36. The topological polar surface area (TPSA) is 28.2 Å². The SMILES string of the molecule is CCN(Cc1ccc(NC)nc1)c1ccc(F)cc1. The predicted octanol–water partition coefficient (Wildman–Crippen LogP) is 3.29. The minimum atomic E-state index is -0.208. The lowest BCUT2D eigenvalue weighted by molar-refractivity contribution is 0.627. The van der Waals surface area contributed by atoms with Crippen LogP contribution in [0.25, 0.3) is 0 Å². The summed E-state index contributed by atoms with van der Waals surface area (Å²) in [7, 11) is 1.85. The van der Waals surface area contributed by atoms with Crippen LogP contribution < -0.4 is 10.2 Å². The van der Waals surface area contributed by atoms with E-state index in [1.165, 1.54) is 12.1 Å². The molecule has 19 heavy (non-hydrogen) atoms. The molecule has 0 radical (unpaired) electrons. The fourth-order valence-electron chi connectivity index (χ4n) is 1.92. The molecule has 0 aliphatic heterocycles. The molecule has 4 heteroatoms. The molecule has 0 fully saturated rings. The van der Waals surface area contributed by atoms with Gasteiger partial charge >= 0.3 is 0 Å². The fraction of sp³-hybridized carbons (Fsp3) is 0.267. The number of nitrogens with one attached hydrogen (secondary N) is 1. The van der Waals surface area contributed by atoms with E-state index in [9.17, 15) is 4.39 Å². The van der Waals surface area contributed by atoms with Gasteiger partial charge in [-0.25, -0.2) is 9.37 Å². The van der Waals surface area contributed by atoms with E-state index in [0.29, 0.717) is 0 Å². The molecular formula is C15H18FN3. The highest BCUT2D eigenvalue weighted by Gasteiger charge is 2.06. The second-order valence-corrected chi connectivity index (χ2v) is 4.29. The van der Waals surface area contributed by atoms with E-state index in [-0.39, 0.29) is 5.82 Å². The summed E-state index contributed by atoms with van der Waals surface area (Å²) in [4.78, 5) is 6.47. The van der Waals surface area contributed by atoms with Gasteiger partial charge in [0.05, 0.1) is 0 Å². The summed E-state index contributed by atoms with van der Waals surface area (Å²) < 4.78 is 12.9. The molecule has 2 rings (SSSR count). The van der Waals surface area contributed by atoms with Gasteiger partial charge in [0.15, 0.2) is 0 Å². The lowest BCUT2D eigenvalue weighted by Gasteiger charge is -2.23. The lowest BCUT2D eigenvalue weighted by atomic mass is 10.2. The number of anilines is 2. The van der Waals surface area contributed by atoms with Crippen molar-refractivity contribution in [3.8, 4) is 0 Å². The fourth-order valence-corrected chi connectivity index (χ4v) is 1.92. The van der Waals surface area contributed by atoms with Gasteiger partial charge in [-0.15, -0.1) is 0 Å². The Morgan fingerprint density at radius 1 is 1.16 bits per heavy atom. The molecule has 0 unspecified atom stereocenters. The summed E-state index contributed by atoms with van der Waals surface area (Å²) in [6, 6.07) is 10.6. The van der Waals surface area contributed by atoms with Crippen molar-refractivity contribution in [1.29, 1.82) is 0 Å². The zero-order valence-corrected chi connectivity index (χ0v) is 11.2. The average Bonchev–Trinajstić information content (AvgIpc) is 2.46. The summed E-state index contributed by atoms with van der Waals surface area (Å²) in [5, 5.41) is 2.99. The van der Waals surface area contributed by atoms with Crippen molar-refractivity contribution in [3.05, 3.63) is 54.0 Å². The highest BCUT2D eigenvalue weighted by molar-refractivity contribution is 5.47. The third-order valence-corrected chi connectivity index (χ3v) is 3.03. The van der Waals surface area contributed by atoms with Crippen molar-refractivity contribution in [2.24, 2.45) is 0 Å². The first kappa shape index (κ1) is 13.3. The zero-order chi connectivity index (χ0) is 13.7. The molecule has 100 valence electrons. The largest absolute Gasteiger partial charge is 0.373 e. The van der Waals surface area contributed by atoms with E-state index < -0.39 is 0 Å². The quantitative estimate of drug-likeness (QED) is 0.893. The normalized spacial score (nSPS) is 10.3. The van der Waals surface area contributed by atoms with Crippen LogP contribution in [0.3, 0.4) is 0 Å². The lowest BCUT2D eigenvalue weighted by Crippen LogP contribution is -2.22. The monoisotopic (exact) mass is 259 g/mol. The summed E-state index contributed by atoms with van der Waals surface area (Å²) in [5.74, 6) is 0.647. The molecule has 2 aromatic rings. The van der Waals surface area contributed by atoms with E-state index in [0.717, 1.165) is 30.2 Å². The molecule has 3 nitrogen and oxygen atoms in total. The number of aromatic nitrogens is 1. The number of benzene rings is 1. The van der Waals surface area contributed by atoms with Crippen LogP contribution in [0, 0.1) is 5.82 Å². The van der Waals surface area contributed by atoms with E-state index >= 15 is 0 Å². The maximum Gasteiger partial charge on any atom is 0.125 e. The van der Waals surface area contributed by atoms with Gasteiger partial charge in [0.2, 0.25) is 0 Å². The summed E-state index contributed by atoms with van der Waals surface area (Å²) in [6.45, 7) is 3.71. The average molecular weight is 259 g/mol. The molecule has 0 aliphatic rings. The number of hydrogen-bond donors (Lipinski definition) is 1. The van der Waals surface area contributed by atoms with Crippen LogP contribution in [0.15, 0.2) is 42.6 Å². The molecule has 1 heterocycles. The molecule has 1 aromatic heterocycles.